The second kappa shape index (κ2) is 15.7. The number of hydrazone groups is 1. The number of likely N-dealkylation sites (N-methyl/N-ethyl adjacent to an activating group) is 1. The first kappa shape index (κ1) is 32.3. The van der Waals surface area contributed by atoms with Crippen LogP contribution in [0.25, 0.3) is 0 Å². The van der Waals surface area contributed by atoms with Crippen molar-refractivity contribution in [3.05, 3.63) is 53.1 Å². The lowest BCUT2D eigenvalue weighted by Gasteiger charge is -2.32. The number of nitrogens with zero attached hydrogens (tertiary/aromatic N) is 3. The van der Waals surface area contributed by atoms with Crippen LogP contribution >= 0.6 is 0 Å². The molecule has 2 aliphatic heterocycles. The second-order valence-electron chi connectivity index (χ2n) is 11.6. The van der Waals surface area contributed by atoms with Crippen LogP contribution in [0.2, 0.25) is 0 Å². The number of amides is 2. The van der Waals surface area contributed by atoms with E-state index in [-0.39, 0.29) is 30.2 Å². The molecule has 10 heteroatoms. The number of carbonyl (C=O) groups excluding carboxylic acids is 2. The average Bonchev–Trinajstić information content (AvgIpc) is 3.49. The van der Waals surface area contributed by atoms with Crippen molar-refractivity contribution in [2.45, 2.75) is 58.9 Å². The van der Waals surface area contributed by atoms with E-state index < -0.39 is 0 Å². The standard InChI is InChI=1S/C33H47N5O5/c1-5-37-21-28(20-35-37)27-8-6-7-25(19-27)12-17-42-18-13-31(41)38(24(4)23(2)3)16-15-34-14-11-26-9-10-29(39)32-33(26)43-22-30(40)36-32/h6-10,19-20,23-24,28,34,39H,5,11-18,21-22H2,1-4H3,(H,36,40)/t24-,28?/m1/s1. The molecule has 0 fully saturated rings. The van der Waals surface area contributed by atoms with E-state index in [1.807, 2.05) is 17.2 Å². The number of fused-ring (bicyclic) bond motifs is 1. The third kappa shape index (κ3) is 8.93. The van der Waals surface area contributed by atoms with Crippen LogP contribution in [0.5, 0.6) is 11.5 Å². The molecule has 0 saturated carbocycles. The fourth-order valence-corrected chi connectivity index (χ4v) is 5.35. The number of ether oxygens (including phenoxy) is 2. The van der Waals surface area contributed by atoms with Gasteiger partial charge in [0, 0.05) is 44.4 Å². The van der Waals surface area contributed by atoms with Crippen molar-refractivity contribution in [2.24, 2.45) is 11.0 Å². The summed E-state index contributed by atoms with van der Waals surface area (Å²) in [6.45, 7) is 13.2. The largest absolute Gasteiger partial charge is 0.506 e. The molecule has 2 aromatic carbocycles. The van der Waals surface area contributed by atoms with Gasteiger partial charge in [0.25, 0.3) is 5.91 Å². The van der Waals surface area contributed by atoms with Crippen LogP contribution in [0.1, 0.15) is 56.7 Å². The highest BCUT2D eigenvalue weighted by atomic mass is 16.5. The Balaban J connectivity index is 1.18. The van der Waals surface area contributed by atoms with E-state index in [4.69, 9.17) is 9.47 Å². The van der Waals surface area contributed by atoms with Gasteiger partial charge in [0.2, 0.25) is 5.91 Å². The minimum atomic E-state index is -0.281. The molecule has 0 aliphatic carbocycles. The molecule has 3 N–H and O–H groups in total. The maximum absolute atomic E-state index is 13.2. The first-order valence-corrected chi connectivity index (χ1v) is 15.5. The highest BCUT2D eigenvalue weighted by Crippen LogP contribution is 2.39. The number of benzene rings is 2. The first-order chi connectivity index (χ1) is 20.8. The Bertz CT molecular complexity index is 1270. The molecule has 0 radical (unpaired) electrons. The SMILES string of the molecule is CCN1CC(c2cccc(CCOCCC(=O)N(CCNCCc3ccc(O)c4c3OCC(=O)N4)[C@H](C)C(C)C)c2)C=N1. The molecule has 0 bridgehead atoms. The number of nitrogens with one attached hydrogen (secondary N) is 2. The topological polar surface area (TPSA) is 116 Å². The van der Waals surface area contributed by atoms with Crippen molar-refractivity contribution in [1.29, 1.82) is 0 Å². The average molecular weight is 594 g/mol. The van der Waals surface area contributed by atoms with Gasteiger partial charge in [-0.3, -0.25) is 14.6 Å². The summed E-state index contributed by atoms with van der Waals surface area (Å²) in [7, 11) is 0. The Morgan fingerprint density at radius 1 is 1.21 bits per heavy atom. The van der Waals surface area contributed by atoms with Gasteiger partial charge in [-0.1, -0.05) is 44.2 Å². The fourth-order valence-electron chi connectivity index (χ4n) is 5.35. The van der Waals surface area contributed by atoms with Crippen LogP contribution < -0.4 is 15.4 Å². The van der Waals surface area contributed by atoms with Gasteiger partial charge < -0.3 is 30.1 Å². The smallest absolute Gasteiger partial charge is 0.262 e. The molecule has 2 atom stereocenters. The predicted molar refractivity (Wildman–Crippen MR) is 169 cm³/mol. The van der Waals surface area contributed by atoms with Gasteiger partial charge in [-0.05, 0) is 61.9 Å². The summed E-state index contributed by atoms with van der Waals surface area (Å²) >= 11 is 0. The summed E-state index contributed by atoms with van der Waals surface area (Å²) in [4.78, 5) is 26.8. The summed E-state index contributed by atoms with van der Waals surface area (Å²) in [6, 6.07) is 12.1. The van der Waals surface area contributed by atoms with Crippen LogP contribution in [-0.2, 0) is 27.2 Å². The summed E-state index contributed by atoms with van der Waals surface area (Å²) in [5, 5.41) is 22.7. The van der Waals surface area contributed by atoms with Gasteiger partial charge >= 0.3 is 0 Å². The highest BCUT2D eigenvalue weighted by molar-refractivity contribution is 5.97. The second-order valence-corrected chi connectivity index (χ2v) is 11.6. The van der Waals surface area contributed by atoms with E-state index in [1.54, 1.807) is 6.07 Å². The number of hydrogen-bond acceptors (Lipinski definition) is 8. The number of phenolic OH excluding ortho intramolecular Hbond substituents is 1. The number of carbonyl (C=O) groups is 2. The summed E-state index contributed by atoms with van der Waals surface area (Å²) in [5.41, 5.74) is 3.75. The monoisotopic (exact) mass is 593 g/mol. The molecular weight excluding hydrogens is 546 g/mol. The summed E-state index contributed by atoms with van der Waals surface area (Å²) in [5.74, 6) is 0.999. The zero-order valence-electron chi connectivity index (χ0n) is 26.0. The lowest BCUT2D eigenvalue weighted by atomic mass is 9.98. The molecule has 1 unspecified atom stereocenters. The van der Waals surface area contributed by atoms with Crippen LogP contribution in [0.4, 0.5) is 5.69 Å². The molecule has 2 aliphatic rings. The Hall–Kier alpha value is -3.63. The normalized spacial score (nSPS) is 16.6. The quantitative estimate of drug-likeness (QED) is 0.200. The third-order valence-electron chi connectivity index (χ3n) is 8.26. The number of hydrogen-bond donors (Lipinski definition) is 3. The van der Waals surface area contributed by atoms with Crippen LogP contribution in [0.15, 0.2) is 41.5 Å². The summed E-state index contributed by atoms with van der Waals surface area (Å²) in [6.07, 6.45) is 3.85. The van der Waals surface area contributed by atoms with Gasteiger partial charge in [-0.2, -0.15) is 5.10 Å². The number of rotatable bonds is 16. The first-order valence-electron chi connectivity index (χ1n) is 15.5. The van der Waals surface area contributed by atoms with E-state index >= 15 is 0 Å². The zero-order chi connectivity index (χ0) is 30.8. The predicted octanol–water partition coefficient (Wildman–Crippen LogP) is 3.78. The lowest BCUT2D eigenvalue weighted by Crippen LogP contribution is -2.45. The van der Waals surface area contributed by atoms with Gasteiger partial charge in [-0.25, -0.2) is 0 Å². The van der Waals surface area contributed by atoms with Gasteiger partial charge in [0.05, 0.1) is 19.6 Å². The van der Waals surface area contributed by atoms with Crippen molar-refractivity contribution in [3.8, 4) is 11.5 Å². The lowest BCUT2D eigenvalue weighted by molar-refractivity contribution is -0.135. The van der Waals surface area contributed by atoms with Crippen LogP contribution in [0, 0.1) is 5.92 Å². The van der Waals surface area contributed by atoms with E-state index in [0.717, 1.165) is 25.1 Å². The molecule has 0 spiro atoms. The molecule has 2 heterocycles. The number of aromatic hydroxyl groups is 1. The number of phenols is 1. The Kier molecular flexibility index (Phi) is 11.8. The molecule has 0 saturated heterocycles. The van der Waals surface area contributed by atoms with E-state index in [1.165, 1.54) is 11.1 Å². The van der Waals surface area contributed by atoms with Crippen LogP contribution in [-0.4, -0.2) is 91.6 Å². The molecule has 2 aromatic rings. The summed E-state index contributed by atoms with van der Waals surface area (Å²) < 4.78 is 11.5. The van der Waals surface area contributed by atoms with Gasteiger partial charge in [0.1, 0.15) is 11.4 Å². The van der Waals surface area contributed by atoms with E-state index in [2.05, 4.69) is 72.7 Å². The minimum Gasteiger partial charge on any atom is -0.506 e. The van der Waals surface area contributed by atoms with E-state index in [9.17, 15) is 14.7 Å². The maximum Gasteiger partial charge on any atom is 0.262 e. The molecular formula is C33H47N5O5. The van der Waals surface area contributed by atoms with Crippen molar-refractivity contribution in [2.75, 3.05) is 57.9 Å². The molecule has 4 rings (SSSR count). The van der Waals surface area contributed by atoms with Crippen molar-refractivity contribution in [1.82, 2.24) is 15.2 Å². The fraction of sp³-hybridized carbons (Fsp3) is 0.545. The van der Waals surface area contributed by atoms with Gasteiger partial charge in [-0.15, -0.1) is 0 Å². The Labute approximate surface area is 255 Å². The van der Waals surface area contributed by atoms with Gasteiger partial charge in [0.15, 0.2) is 12.4 Å². The minimum absolute atomic E-state index is 0.00637. The van der Waals surface area contributed by atoms with Crippen LogP contribution in [0.3, 0.4) is 0 Å². The molecule has 2 amide bonds. The highest BCUT2D eigenvalue weighted by Gasteiger charge is 2.24. The molecule has 234 valence electrons. The molecule has 0 aromatic heterocycles. The molecule has 10 nitrogen and oxygen atoms in total. The van der Waals surface area contributed by atoms with Crippen molar-refractivity contribution < 1.29 is 24.2 Å². The Morgan fingerprint density at radius 2 is 2.05 bits per heavy atom. The van der Waals surface area contributed by atoms with Crippen molar-refractivity contribution in [3.63, 3.8) is 0 Å². The molecule has 43 heavy (non-hydrogen) atoms. The van der Waals surface area contributed by atoms with E-state index in [0.29, 0.717) is 69.0 Å². The Morgan fingerprint density at radius 3 is 2.81 bits per heavy atom. The number of anilines is 1. The zero-order valence-corrected chi connectivity index (χ0v) is 26.0. The third-order valence-corrected chi connectivity index (χ3v) is 8.26. The van der Waals surface area contributed by atoms with Crippen molar-refractivity contribution >= 4 is 23.7 Å². The maximum atomic E-state index is 13.2.